The van der Waals surface area contributed by atoms with E-state index in [1.807, 2.05) is 49.1 Å². The summed E-state index contributed by atoms with van der Waals surface area (Å²) in [6.07, 6.45) is 6.09. The lowest BCUT2D eigenvalue weighted by Gasteiger charge is -2.17. The predicted octanol–water partition coefficient (Wildman–Crippen LogP) is 4.22. The summed E-state index contributed by atoms with van der Waals surface area (Å²) in [5.41, 5.74) is 5.36. The molecule has 0 saturated heterocycles. The molecule has 3 rings (SSSR count). The smallest absolute Gasteiger partial charge is 0.254 e. The first-order chi connectivity index (χ1) is 12.4. The van der Waals surface area contributed by atoms with Crippen molar-refractivity contribution in [3.8, 4) is 11.3 Å². The molecule has 136 valence electrons. The highest BCUT2D eigenvalue weighted by Crippen LogP contribution is 2.30. The fraction of sp³-hybridized carbons (Fsp3) is 0.381. The molecule has 0 aliphatic heterocycles. The van der Waals surface area contributed by atoms with E-state index in [4.69, 9.17) is 4.98 Å². The zero-order chi connectivity index (χ0) is 18.8. The second kappa shape index (κ2) is 7.28. The molecule has 2 heterocycles. The summed E-state index contributed by atoms with van der Waals surface area (Å²) in [5, 5.41) is 5.36. The Kier molecular flexibility index (Phi) is 5.07. The number of rotatable bonds is 5. The Morgan fingerprint density at radius 1 is 1.23 bits per heavy atom. The Labute approximate surface area is 154 Å². The van der Waals surface area contributed by atoms with E-state index in [1.165, 1.54) is 0 Å². The van der Waals surface area contributed by atoms with E-state index in [-0.39, 0.29) is 5.91 Å². The maximum atomic E-state index is 12.9. The van der Waals surface area contributed by atoms with Crippen molar-refractivity contribution < 1.29 is 4.79 Å². The average molecular weight is 350 g/mol. The van der Waals surface area contributed by atoms with Crippen LogP contribution in [-0.2, 0) is 6.54 Å². The van der Waals surface area contributed by atoms with E-state index in [2.05, 4.69) is 12.0 Å². The number of amides is 1. The van der Waals surface area contributed by atoms with Crippen molar-refractivity contribution in [2.24, 2.45) is 0 Å². The van der Waals surface area contributed by atoms with Crippen LogP contribution in [0, 0.1) is 13.8 Å². The molecular weight excluding hydrogens is 324 g/mol. The lowest BCUT2D eigenvalue weighted by Crippen LogP contribution is -2.23. The van der Waals surface area contributed by atoms with Crippen molar-refractivity contribution in [2.45, 2.75) is 40.2 Å². The van der Waals surface area contributed by atoms with Crippen LogP contribution in [0.5, 0.6) is 0 Å². The minimum atomic E-state index is 0.000116. The van der Waals surface area contributed by atoms with E-state index in [9.17, 15) is 4.79 Å². The number of fused-ring (bicyclic) bond motifs is 1. The third kappa shape index (κ3) is 3.34. The number of unbranched alkanes of at least 4 members (excludes halogenated alkanes) is 1. The van der Waals surface area contributed by atoms with Crippen LogP contribution in [0.2, 0.25) is 0 Å². The van der Waals surface area contributed by atoms with Gasteiger partial charge in [-0.05, 0) is 38.0 Å². The average Bonchev–Trinajstić information content (AvgIpc) is 3.07. The number of carbonyl (C=O) groups excluding carboxylic acids is 1. The van der Waals surface area contributed by atoms with Gasteiger partial charge in [0.2, 0.25) is 0 Å². The van der Waals surface area contributed by atoms with Gasteiger partial charge in [0.25, 0.3) is 5.91 Å². The Balaban J connectivity index is 2.20. The number of benzene rings is 1. The highest BCUT2D eigenvalue weighted by Gasteiger charge is 2.21. The molecule has 2 aromatic heterocycles. The van der Waals surface area contributed by atoms with Crippen LogP contribution in [-0.4, -0.2) is 39.7 Å². The molecule has 0 bridgehead atoms. The van der Waals surface area contributed by atoms with Crippen LogP contribution in [0.4, 0.5) is 0 Å². The van der Waals surface area contributed by atoms with E-state index in [0.29, 0.717) is 0 Å². The van der Waals surface area contributed by atoms with Gasteiger partial charge in [-0.15, -0.1) is 0 Å². The van der Waals surface area contributed by atoms with Crippen molar-refractivity contribution in [3.05, 3.63) is 47.3 Å². The van der Waals surface area contributed by atoms with Crippen molar-refractivity contribution in [3.63, 3.8) is 0 Å². The first-order valence-corrected chi connectivity index (χ1v) is 9.07. The molecule has 1 aromatic carbocycles. The summed E-state index contributed by atoms with van der Waals surface area (Å²) in [4.78, 5) is 19.4. The first kappa shape index (κ1) is 18.1. The minimum absolute atomic E-state index is 0.000116. The number of hydrogen-bond donors (Lipinski definition) is 0. The number of carbonyl (C=O) groups is 1. The van der Waals surface area contributed by atoms with Gasteiger partial charge < -0.3 is 4.90 Å². The summed E-state index contributed by atoms with van der Waals surface area (Å²) >= 11 is 0. The van der Waals surface area contributed by atoms with E-state index in [1.54, 1.807) is 19.0 Å². The molecule has 0 unspecified atom stereocenters. The normalized spacial score (nSPS) is 11.1. The highest BCUT2D eigenvalue weighted by molar-refractivity contribution is 6.08. The molecule has 0 N–H and O–H groups in total. The zero-order valence-corrected chi connectivity index (χ0v) is 16.2. The quantitative estimate of drug-likeness (QED) is 0.692. The van der Waals surface area contributed by atoms with E-state index < -0.39 is 0 Å². The number of pyridine rings is 1. The van der Waals surface area contributed by atoms with Gasteiger partial charge in [-0.25, -0.2) is 4.98 Å². The molecule has 0 saturated carbocycles. The molecule has 26 heavy (non-hydrogen) atoms. The number of aryl methyl sites for hydroxylation is 2. The van der Waals surface area contributed by atoms with Gasteiger partial charge in [0.15, 0.2) is 0 Å². The number of nitrogens with zero attached hydrogens (tertiary/aromatic N) is 4. The van der Waals surface area contributed by atoms with Crippen molar-refractivity contribution in [1.82, 2.24) is 19.7 Å². The maximum Gasteiger partial charge on any atom is 0.254 e. The van der Waals surface area contributed by atoms with Gasteiger partial charge in [-0.3, -0.25) is 9.48 Å². The van der Waals surface area contributed by atoms with Gasteiger partial charge in [-0.1, -0.05) is 25.0 Å². The lowest BCUT2D eigenvalue weighted by molar-refractivity contribution is 0.0829. The molecule has 5 nitrogen and oxygen atoms in total. The van der Waals surface area contributed by atoms with Gasteiger partial charge in [0.1, 0.15) is 0 Å². The summed E-state index contributed by atoms with van der Waals surface area (Å²) in [6, 6.07) is 6.06. The molecule has 0 aliphatic rings. The summed E-state index contributed by atoms with van der Waals surface area (Å²) in [6.45, 7) is 7.07. The van der Waals surface area contributed by atoms with Crippen LogP contribution in [0.3, 0.4) is 0 Å². The molecule has 0 aliphatic carbocycles. The Morgan fingerprint density at radius 3 is 2.69 bits per heavy atom. The number of aromatic nitrogens is 3. The van der Waals surface area contributed by atoms with Crippen molar-refractivity contribution in [1.29, 1.82) is 0 Å². The summed E-state index contributed by atoms with van der Waals surface area (Å²) < 4.78 is 1.95. The Hall–Kier alpha value is -2.69. The van der Waals surface area contributed by atoms with Crippen LogP contribution in [0.15, 0.2) is 30.6 Å². The van der Waals surface area contributed by atoms with E-state index in [0.717, 1.165) is 58.2 Å². The molecule has 0 atom stereocenters. The van der Waals surface area contributed by atoms with Gasteiger partial charge in [0.05, 0.1) is 23.0 Å². The van der Waals surface area contributed by atoms with E-state index >= 15 is 0 Å². The highest BCUT2D eigenvalue weighted by atomic mass is 16.2. The van der Waals surface area contributed by atoms with Crippen LogP contribution in [0.25, 0.3) is 22.2 Å². The first-order valence-electron chi connectivity index (χ1n) is 9.07. The fourth-order valence-electron chi connectivity index (χ4n) is 3.18. The predicted molar refractivity (Wildman–Crippen MR) is 105 cm³/mol. The Morgan fingerprint density at radius 2 is 2.00 bits per heavy atom. The summed E-state index contributed by atoms with van der Waals surface area (Å²) in [5.74, 6) is 0.000116. The molecular formula is C21H26N4O. The summed E-state index contributed by atoms with van der Waals surface area (Å²) in [7, 11) is 3.57. The minimum Gasteiger partial charge on any atom is -0.345 e. The topological polar surface area (TPSA) is 51.0 Å². The largest absolute Gasteiger partial charge is 0.345 e. The zero-order valence-electron chi connectivity index (χ0n) is 16.2. The third-order valence-electron chi connectivity index (χ3n) is 4.65. The SMILES string of the molecule is CCCCn1cc(-c2nc3ccc(C)cc3c(C(=O)N(C)C)c2C)cn1. The standard InChI is InChI=1S/C21H26N4O/c1-6-7-10-25-13-16(12-22-25)20-15(3)19(21(26)24(4)5)17-11-14(2)8-9-18(17)23-20/h8-9,11-13H,6-7,10H2,1-5H3. The number of hydrogen-bond acceptors (Lipinski definition) is 3. The molecule has 1 amide bonds. The molecule has 0 spiro atoms. The second-order valence-electron chi connectivity index (χ2n) is 7.03. The third-order valence-corrected chi connectivity index (χ3v) is 4.65. The molecule has 0 radical (unpaired) electrons. The van der Waals surface area contributed by atoms with Gasteiger partial charge >= 0.3 is 0 Å². The van der Waals surface area contributed by atoms with Crippen molar-refractivity contribution in [2.75, 3.05) is 14.1 Å². The maximum absolute atomic E-state index is 12.9. The Bertz CT molecular complexity index is 956. The molecule has 5 heteroatoms. The van der Waals surface area contributed by atoms with Crippen LogP contribution < -0.4 is 0 Å². The lowest BCUT2D eigenvalue weighted by atomic mass is 9.97. The van der Waals surface area contributed by atoms with Crippen molar-refractivity contribution >= 4 is 16.8 Å². The fourth-order valence-corrected chi connectivity index (χ4v) is 3.18. The van der Waals surface area contributed by atoms with Gasteiger partial charge in [0, 0.05) is 37.8 Å². The monoisotopic (exact) mass is 350 g/mol. The van der Waals surface area contributed by atoms with Gasteiger partial charge in [-0.2, -0.15) is 5.10 Å². The van der Waals surface area contributed by atoms with Crippen LogP contribution >= 0.6 is 0 Å². The molecule has 0 fully saturated rings. The molecule has 3 aromatic rings. The van der Waals surface area contributed by atoms with Crippen LogP contribution in [0.1, 0.15) is 41.3 Å². The second-order valence-corrected chi connectivity index (χ2v) is 7.03.